The summed E-state index contributed by atoms with van der Waals surface area (Å²) in [5.41, 5.74) is 2.43. The van der Waals surface area contributed by atoms with E-state index in [0.29, 0.717) is 0 Å². The van der Waals surface area contributed by atoms with Gasteiger partial charge in [0.05, 0.1) is 5.52 Å². The van der Waals surface area contributed by atoms with Crippen molar-refractivity contribution >= 4 is 16.7 Å². The molecule has 1 aromatic carbocycles. The highest BCUT2D eigenvalue weighted by atomic mass is 15.0. The molecule has 1 heterocycles. The number of nitrogens with zero attached hydrogens (tertiary/aromatic N) is 1. The predicted molar refractivity (Wildman–Crippen MR) is 77.9 cm³/mol. The first-order valence-corrected chi connectivity index (χ1v) is 6.31. The second kappa shape index (κ2) is 4.94. The largest absolute Gasteiger partial charge is 0.373 e. The third-order valence-electron chi connectivity index (χ3n) is 2.87. The first-order chi connectivity index (χ1) is 8.49. The van der Waals surface area contributed by atoms with Gasteiger partial charge in [0.2, 0.25) is 0 Å². The van der Waals surface area contributed by atoms with Crippen molar-refractivity contribution in [3.63, 3.8) is 0 Å². The van der Waals surface area contributed by atoms with E-state index in [2.05, 4.69) is 60.7 Å². The highest BCUT2D eigenvalue weighted by Crippen LogP contribution is 2.21. The Kier molecular flexibility index (Phi) is 3.53. The van der Waals surface area contributed by atoms with Crippen molar-refractivity contribution in [2.45, 2.75) is 32.9 Å². The fourth-order valence-electron chi connectivity index (χ4n) is 1.88. The molecule has 2 rings (SSSR count). The number of benzene rings is 1. The minimum atomic E-state index is 0.115. The van der Waals surface area contributed by atoms with Gasteiger partial charge in [0, 0.05) is 24.5 Å². The molecule has 0 aliphatic carbocycles. The van der Waals surface area contributed by atoms with Crippen LogP contribution in [0.3, 0.4) is 0 Å². The molecule has 0 aliphatic heterocycles. The van der Waals surface area contributed by atoms with E-state index in [4.69, 9.17) is 0 Å². The zero-order valence-corrected chi connectivity index (χ0v) is 11.5. The van der Waals surface area contributed by atoms with Crippen LogP contribution < -0.4 is 10.6 Å². The Morgan fingerprint density at radius 2 is 1.89 bits per heavy atom. The molecule has 2 aromatic rings. The van der Waals surface area contributed by atoms with Crippen LogP contribution in [0.15, 0.2) is 30.3 Å². The van der Waals surface area contributed by atoms with Gasteiger partial charge in [0.15, 0.2) is 0 Å². The van der Waals surface area contributed by atoms with Crippen molar-refractivity contribution in [2.75, 3.05) is 12.4 Å². The number of anilines is 1. The molecule has 96 valence electrons. The minimum Gasteiger partial charge on any atom is -0.373 e. The first kappa shape index (κ1) is 12.8. The SMILES string of the molecule is CNc1cc(CNC(C)(C)C)c2ccccc2n1. The van der Waals surface area contributed by atoms with Gasteiger partial charge in [-0.2, -0.15) is 0 Å². The lowest BCUT2D eigenvalue weighted by atomic mass is 10.1. The number of pyridine rings is 1. The van der Waals surface area contributed by atoms with Crippen molar-refractivity contribution in [1.29, 1.82) is 0 Å². The number of rotatable bonds is 3. The fourth-order valence-corrected chi connectivity index (χ4v) is 1.88. The average molecular weight is 243 g/mol. The number of aromatic nitrogens is 1. The van der Waals surface area contributed by atoms with E-state index in [9.17, 15) is 0 Å². The van der Waals surface area contributed by atoms with Crippen LogP contribution >= 0.6 is 0 Å². The quantitative estimate of drug-likeness (QED) is 0.869. The summed E-state index contributed by atoms with van der Waals surface area (Å²) in [6.45, 7) is 7.38. The smallest absolute Gasteiger partial charge is 0.126 e. The van der Waals surface area contributed by atoms with Crippen LogP contribution in [0.4, 0.5) is 5.82 Å². The third kappa shape index (κ3) is 2.99. The van der Waals surface area contributed by atoms with Gasteiger partial charge in [-0.15, -0.1) is 0 Å². The van der Waals surface area contributed by atoms with Gasteiger partial charge in [0.1, 0.15) is 5.82 Å². The van der Waals surface area contributed by atoms with E-state index in [1.165, 1.54) is 10.9 Å². The maximum atomic E-state index is 4.56. The Labute approximate surface area is 109 Å². The summed E-state index contributed by atoms with van der Waals surface area (Å²) in [4.78, 5) is 4.56. The molecule has 0 radical (unpaired) electrons. The molecule has 0 spiro atoms. The molecule has 0 amide bonds. The Balaban J connectivity index is 2.41. The maximum absolute atomic E-state index is 4.56. The zero-order valence-electron chi connectivity index (χ0n) is 11.5. The van der Waals surface area contributed by atoms with Gasteiger partial charge in [0.25, 0.3) is 0 Å². The predicted octanol–water partition coefficient (Wildman–Crippen LogP) is 3.16. The van der Waals surface area contributed by atoms with Crippen molar-refractivity contribution in [3.05, 3.63) is 35.9 Å². The number of nitrogens with one attached hydrogen (secondary N) is 2. The van der Waals surface area contributed by atoms with E-state index < -0.39 is 0 Å². The Bertz CT molecular complexity index is 541. The maximum Gasteiger partial charge on any atom is 0.126 e. The standard InChI is InChI=1S/C15H21N3/c1-15(2,3)17-10-11-9-14(16-4)18-13-8-6-5-7-12(11)13/h5-9,17H,10H2,1-4H3,(H,16,18). The number of hydrogen-bond donors (Lipinski definition) is 2. The van der Waals surface area contributed by atoms with E-state index in [-0.39, 0.29) is 5.54 Å². The van der Waals surface area contributed by atoms with Crippen LogP contribution in [0.1, 0.15) is 26.3 Å². The molecule has 0 saturated heterocycles. The molecule has 0 saturated carbocycles. The van der Waals surface area contributed by atoms with Crippen molar-refractivity contribution in [2.24, 2.45) is 0 Å². The van der Waals surface area contributed by atoms with Crippen LogP contribution in [0.5, 0.6) is 0 Å². The van der Waals surface area contributed by atoms with E-state index in [0.717, 1.165) is 17.9 Å². The summed E-state index contributed by atoms with van der Waals surface area (Å²) in [7, 11) is 1.90. The molecule has 2 N–H and O–H groups in total. The molecule has 1 aromatic heterocycles. The molecule has 3 nitrogen and oxygen atoms in total. The summed E-state index contributed by atoms with van der Waals surface area (Å²) >= 11 is 0. The highest BCUT2D eigenvalue weighted by Gasteiger charge is 2.11. The molecule has 3 heteroatoms. The molecule has 0 bridgehead atoms. The summed E-state index contributed by atoms with van der Waals surface area (Å²) < 4.78 is 0. The lowest BCUT2D eigenvalue weighted by Gasteiger charge is -2.21. The Morgan fingerprint density at radius 3 is 2.56 bits per heavy atom. The zero-order chi connectivity index (χ0) is 13.2. The number of para-hydroxylation sites is 1. The molecular weight excluding hydrogens is 222 g/mol. The lowest BCUT2D eigenvalue weighted by molar-refractivity contribution is 0.425. The van der Waals surface area contributed by atoms with Crippen LogP contribution in [-0.2, 0) is 6.54 Å². The topological polar surface area (TPSA) is 37.0 Å². The molecule has 0 fully saturated rings. The Morgan fingerprint density at radius 1 is 1.17 bits per heavy atom. The summed E-state index contributed by atoms with van der Waals surface area (Å²) in [6, 6.07) is 10.4. The van der Waals surface area contributed by atoms with Gasteiger partial charge < -0.3 is 10.6 Å². The van der Waals surface area contributed by atoms with E-state index in [1.54, 1.807) is 0 Å². The molecular formula is C15H21N3. The van der Waals surface area contributed by atoms with Gasteiger partial charge in [-0.05, 0) is 38.5 Å². The van der Waals surface area contributed by atoms with Crippen LogP contribution in [0, 0.1) is 0 Å². The van der Waals surface area contributed by atoms with Crippen LogP contribution in [0.25, 0.3) is 10.9 Å². The second-order valence-corrected chi connectivity index (χ2v) is 5.54. The Hall–Kier alpha value is -1.61. The molecule has 0 unspecified atom stereocenters. The molecule has 18 heavy (non-hydrogen) atoms. The van der Waals surface area contributed by atoms with Crippen molar-refractivity contribution < 1.29 is 0 Å². The second-order valence-electron chi connectivity index (χ2n) is 5.54. The van der Waals surface area contributed by atoms with Gasteiger partial charge in [-0.1, -0.05) is 18.2 Å². The molecule has 0 aliphatic rings. The number of hydrogen-bond acceptors (Lipinski definition) is 3. The number of fused-ring (bicyclic) bond motifs is 1. The fraction of sp³-hybridized carbons (Fsp3) is 0.400. The average Bonchev–Trinajstić information content (AvgIpc) is 2.34. The normalized spacial score (nSPS) is 11.8. The lowest BCUT2D eigenvalue weighted by Crippen LogP contribution is -2.35. The third-order valence-corrected chi connectivity index (χ3v) is 2.87. The van der Waals surface area contributed by atoms with Crippen LogP contribution in [-0.4, -0.2) is 17.6 Å². The van der Waals surface area contributed by atoms with E-state index >= 15 is 0 Å². The van der Waals surface area contributed by atoms with E-state index in [1.807, 2.05) is 13.1 Å². The van der Waals surface area contributed by atoms with Crippen LogP contribution in [0.2, 0.25) is 0 Å². The molecule has 0 atom stereocenters. The van der Waals surface area contributed by atoms with Gasteiger partial charge in [-0.3, -0.25) is 0 Å². The highest BCUT2D eigenvalue weighted by molar-refractivity contribution is 5.83. The van der Waals surface area contributed by atoms with Crippen molar-refractivity contribution in [3.8, 4) is 0 Å². The first-order valence-electron chi connectivity index (χ1n) is 6.31. The van der Waals surface area contributed by atoms with Crippen molar-refractivity contribution in [1.82, 2.24) is 10.3 Å². The van der Waals surface area contributed by atoms with Gasteiger partial charge >= 0.3 is 0 Å². The monoisotopic (exact) mass is 243 g/mol. The summed E-state index contributed by atoms with van der Waals surface area (Å²) in [6.07, 6.45) is 0. The summed E-state index contributed by atoms with van der Waals surface area (Å²) in [5, 5.41) is 7.86. The minimum absolute atomic E-state index is 0.115. The summed E-state index contributed by atoms with van der Waals surface area (Å²) in [5.74, 6) is 0.916. The van der Waals surface area contributed by atoms with Gasteiger partial charge in [-0.25, -0.2) is 4.98 Å².